The molecule has 1 aliphatic rings. The molecule has 5 nitrogen and oxygen atoms in total. The first kappa shape index (κ1) is 21.5. The summed E-state index contributed by atoms with van der Waals surface area (Å²) in [5, 5.41) is 9.24. The van der Waals surface area contributed by atoms with E-state index in [4.69, 9.17) is 9.47 Å². The van der Waals surface area contributed by atoms with Crippen molar-refractivity contribution in [2.75, 3.05) is 13.2 Å². The van der Waals surface area contributed by atoms with E-state index in [1.165, 1.54) is 0 Å². The average molecular weight is 428 g/mol. The number of aliphatic carboxylic acids is 1. The summed E-state index contributed by atoms with van der Waals surface area (Å²) >= 11 is 0. The second-order valence-corrected chi connectivity index (χ2v) is 7.48. The summed E-state index contributed by atoms with van der Waals surface area (Å²) in [7, 11) is 0. The molecule has 0 aromatic heterocycles. The molecule has 3 aromatic rings. The van der Waals surface area contributed by atoms with Crippen LogP contribution in [0.4, 0.5) is 0 Å². The molecule has 1 unspecified atom stereocenters. The lowest BCUT2D eigenvalue weighted by molar-refractivity contribution is -0.149. The van der Waals surface area contributed by atoms with Gasteiger partial charge in [-0.2, -0.15) is 0 Å². The predicted molar refractivity (Wildman–Crippen MR) is 122 cm³/mol. The Kier molecular flexibility index (Phi) is 6.47. The van der Waals surface area contributed by atoms with Gasteiger partial charge in [-0.1, -0.05) is 60.7 Å². The van der Waals surface area contributed by atoms with Crippen molar-refractivity contribution in [3.05, 3.63) is 107 Å². The van der Waals surface area contributed by atoms with Crippen LogP contribution in [-0.2, 0) is 16.0 Å². The molecule has 0 aliphatic heterocycles. The summed E-state index contributed by atoms with van der Waals surface area (Å²) in [5.74, 6) is -0.246. The topological polar surface area (TPSA) is 72.8 Å². The van der Waals surface area contributed by atoms with E-state index in [9.17, 15) is 14.7 Å². The molecule has 1 atom stereocenters. The van der Waals surface area contributed by atoms with Gasteiger partial charge in [-0.3, -0.25) is 4.79 Å². The minimum Gasteiger partial charge on any atom is -0.490 e. The lowest BCUT2D eigenvalue weighted by Gasteiger charge is -2.21. The zero-order valence-electron chi connectivity index (χ0n) is 17.8. The van der Waals surface area contributed by atoms with Crippen molar-refractivity contribution in [1.29, 1.82) is 0 Å². The molecule has 5 heteroatoms. The van der Waals surface area contributed by atoms with Gasteiger partial charge in [0.2, 0.25) is 0 Å². The number of rotatable bonds is 8. The van der Waals surface area contributed by atoms with Crippen LogP contribution in [0.5, 0.6) is 5.75 Å². The third-order valence-electron chi connectivity index (χ3n) is 5.45. The number of carbonyl (C=O) groups is 2. The SMILES string of the molecule is CCOC(Cc1ccc(OCC=C2c3ccccc3C(=O)c3ccccc32)cc1)C(=O)O. The molecule has 0 bridgehead atoms. The first-order chi connectivity index (χ1) is 15.6. The van der Waals surface area contributed by atoms with Crippen LogP contribution in [0.3, 0.4) is 0 Å². The second-order valence-electron chi connectivity index (χ2n) is 7.48. The standard InChI is InChI=1S/C27H24O5/c1-2-31-25(27(29)30)17-18-11-13-19(14-12-18)32-16-15-22-20-7-3-5-9-23(20)26(28)24-10-6-4-8-21(22)24/h3-15,25H,2,16-17H2,1H3,(H,29,30). The number of carboxylic acids is 1. The smallest absolute Gasteiger partial charge is 0.333 e. The van der Waals surface area contributed by atoms with Gasteiger partial charge in [0.05, 0.1) is 0 Å². The van der Waals surface area contributed by atoms with Crippen LogP contribution in [0.25, 0.3) is 5.57 Å². The number of hydrogen-bond acceptors (Lipinski definition) is 4. The Morgan fingerprint density at radius 1 is 0.906 bits per heavy atom. The Morgan fingerprint density at radius 3 is 2.00 bits per heavy atom. The zero-order valence-corrected chi connectivity index (χ0v) is 17.8. The quantitative estimate of drug-likeness (QED) is 0.438. The summed E-state index contributed by atoms with van der Waals surface area (Å²) in [6.45, 7) is 2.47. The Bertz CT molecular complexity index is 1110. The van der Waals surface area contributed by atoms with E-state index in [1.807, 2.05) is 78.9 Å². The summed E-state index contributed by atoms with van der Waals surface area (Å²) in [5.41, 5.74) is 5.06. The number of carboxylic acid groups (broad SMARTS) is 1. The Balaban J connectivity index is 1.50. The van der Waals surface area contributed by atoms with E-state index in [0.29, 0.717) is 36.5 Å². The molecular formula is C27H24O5. The maximum Gasteiger partial charge on any atom is 0.333 e. The normalized spacial score (nSPS) is 13.2. The van der Waals surface area contributed by atoms with Gasteiger partial charge in [0.25, 0.3) is 0 Å². The van der Waals surface area contributed by atoms with Crippen molar-refractivity contribution in [3.8, 4) is 5.75 Å². The van der Waals surface area contributed by atoms with Crippen molar-refractivity contribution in [1.82, 2.24) is 0 Å². The Labute approximate surface area is 186 Å². The molecule has 1 N–H and O–H groups in total. The minimum absolute atomic E-state index is 0.0385. The summed E-state index contributed by atoms with van der Waals surface area (Å²) < 4.78 is 11.2. The molecule has 32 heavy (non-hydrogen) atoms. The molecule has 0 fully saturated rings. The molecule has 0 saturated carbocycles. The number of fused-ring (bicyclic) bond motifs is 2. The van der Waals surface area contributed by atoms with E-state index in [1.54, 1.807) is 6.92 Å². The van der Waals surface area contributed by atoms with Crippen LogP contribution in [0.15, 0.2) is 78.9 Å². The monoisotopic (exact) mass is 428 g/mol. The van der Waals surface area contributed by atoms with Gasteiger partial charge in [0.15, 0.2) is 11.9 Å². The fraction of sp³-hybridized carbons (Fsp3) is 0.185. The number of benzene rings is 3. The van der Waals surface area contributed by atoms with Crippen molar-refractivity contribution < 1.29 is 24.2 Å². The molecule has 0 heterocycles. The highest BCUT2D eigenvalue weighted by atomic mass is 16.5. The number of hydrogen-bond donors (Lipinski definition) is 1. The van der Waals surface area contributed by atoms with Gasteiger partial charge >= 0.3 is 5.97 Å². The largest absolute Gasteiger partial charge is 0.490 e. The maximum absolute atomic E-state index is 12.8. The highest BCUT2D eigenvalue weighted by Gasteiger charge is 2.26. The molecule has 4 rings (SSSR count). The fourth-order valence-electron chi connectivity index (χ4n) is 3.92. The van der Waals surface area contributed by atoms with Crippen LogP contribution in [0, 0.1) is 0 Å². The zero-order chi connectivity index (χ0) is 22.5. The van der Waals surface area contributed by atoms with E-state index in [2.05, 4.69) is 0 Å². The van der Waals surface area contributed by atoms with Crippen LogP contribution >= 0.6 is 0 Å². The Morgan fingerprint density at radius 2 is 1.47 bits per heavy atom. The van der Waals surface area contributed by atoms with E-state index < -0.39 is 12.1 Å². The molecule has 0 saturated heterocycles. The molecule has 0 amide bonds. The summed E-state index contributed by atoms with van der Waals surface area (Å²) in [6, 6.07) is 22.6. The highest BCUT2D eigenvalue weighted by molar-refractivity contribution is 6.18. The van der Waals surface area contributed by atoms with Crippen molar-refractivity contribution >= 4 is 17.3 Å². The first-order valence-corrected chi connectivity index (χ1v) is 10.6. The van der Waals surface area contributed by atoms with Crippen LogP contribution in [0.2, 0.25) is 0 Å². The summed E-state index contributed by atoms with van der Waals surface area (Å²) in [6.07, 6.45) is 1.44. The number of carbonyl (C=O) groups excluding carboxylic acids is 1. The molecule has 1 aliphatic carbocycles. The lowest BCUT2D eigenvalue weighted by Crippen LogP contribution is -2.26. The van der Waals surface area contributed by atoms with Gasteiger partial charge in [-0.05, 0) is 47.4 Å². The van der Waals surface area contributed by atoms with Crippen LogP contribution < -0.4 is 4.74 Å². The molecule has 0 radical (unpaired) electrons. The van der Waals surface area contributed by atoms with Gasteiger partial charge in [0.1, 0.15) is 12.4 Å². The third kappa shape index (κ3) is 4.48. The Hall–Kier alpha value is -3.70. The fourth-order valence-corrected chi connectivity index (χ4v) is 3.92. The minimum atomic E-state index is -0.967. The highest BCUT2D eigenvalue weighted by Crippen LogP contribution is 2.35. The molecule has 0 spiro atoms. The van der Waals surface area contributed by atoms with Gasteiger partial charge in [-0.15, -0.1) is 0 Å². The van der Waals surface area contributed by atoms with Crippen molar-refractivity contribution in [2.45, 2.75) is 19.4 Å². The molecular weight excluding hydrogens is 404 g/mol. The van der Waals surface area contributed by atoms with E-state index >= 15 is 0 Å². The predicted octanol–water partition coefficient (Wildman–Crippen LogP) is 4.77. The number of ketones is 1. The summed E-state index contributed by atoms with van der Waals surface area (Å²) in [4.78, 5) is 24.1. The number of ether oxygens (including phenoxy) is 2. The molecule has 3 aromatic carbocycles. The lowest BCUT2D eigenvalue weighted by atomic mass is 9.81. The second kappa shape index (κ2) is 9.62. The van der Waals surface area contributed by atoms with Crippen molar-refractivity contribution in [3.63, 3.8) is 0 Å². The molecule has 162 valence electrons. The van der Waals surface area contributed by atoms with E-state index in [0.717, 1.165) is 22.3 Å². The van der Waals surface area contributed by atoms with E-state index in [-0.39, 0.29) is 5.78 Å². The third-order valence-corrected chi connectivity index (χ3v) is 5.45. The maximum atomic E-state index is 12.8. The van der Waals surface area contributed by atoms with Gasteiger partial charge in [0, 0.05) is 24.2 Å². The first-order valence-electron chi connectivity index (χ1n) is 10.6. The van der Waals surface area contributed by atoms with Gasteiger partial charge in [-0.25, -0.2) is 4.79 Å². The van der Waals surface area contributed by atoms with Crippen molar-refractivity contribution in [2.24, 2.45) is 0 Å². The van der Waals surface area contributed by atoms with Crippen LogP contribution in [0.1, 0.15) is 39.5 Å². The average Bonchev–Trinajstić information content (AvgIpc) is 2.82. The van der Waals surface area contributed by atoms with Crippen LogP contribution in [-0.4, -0.2) is 36.2 Å². The van der Waals surface area contributed by atoms with Gasteiger partial charge < -0.3 is 14.6 Å².